The van der Waals surface area contributed by atoms with E-state index >= 15 is 0 Å². The van der Waals surface area contributed by atoms with Gasteiger partial charge in [-0.15, -0.1) is 0 Å². The Morgan fingerprint density at radius 1 is 1.47 bits per heavy atom. The molecule has 0 amide bonds. The van der Waals surface area contributed by atoms with Crippen molar-refractivity contribution < 1.29 is 4.74 Å². The summed E-state index contributed by atoms with van der Waals surface area (Å²) in [5.41, 5.74) is 2.02. The quantitative estimate of drug-likeness (QED) is 0.867. The molecule has 1 aliphatic heterocycles. The van der Waals surface area contributed by atoms with Crippen LogP contribution in [-0.4, -0.2) is 29.2 Å². The number of nitrogens with zero attached hydrogens (tertiary/aromatic N) is 2. The topological polar surface area (TPSA) is 47.0 Å². The molecule has 4 nitrogen and oxygen atoms in total. The molecule has 0 aromatic carbocycles. The number of aromatic nitrogens is 2. The molecule has 1 aliphatic rings. The standard InChI is InChI=1S/C13H21N3O/c1-9(2)12-7-10(3)15-13(16-12)17-8-11-5-4-6-14-11/h7,9,11,14H,4-6,8H2,1-3H3. The molecular weight excluding hydrogens is 214 g/mol. The Morgan fingerprint density at radius 3 is 2.94 bits per heavy atom. The zero-order valence-electron chi connectivity index (χ0n) is 10.9. The lowest BCUT2D eigenvalue weighted by molar-refractivity contribution is 0.255. The predicted octanol–water partition coefficient (Wildman–Crippen LogP) is 2.04. The average molecular weight is 235 g/mol. The van der Waals surface area contributed by atoms with E-state index in [1.54, 1.807) is 0 Å². The minimum atomic E-state index is 0.406. The highest BCUT2D eigenvalue weighted by Crippen LogP contribution is 2.16. The SMILES string of the molecule is Cc1cc(C(C)C)nc(OCC2CCCN2)n1. The molecule has 4 heteroatoms. The van der Waals surface area contributed by atoms with Crippen LogP contribution in [0.3, 0.4) is 0 Å². The Bertz CT molecular complexity index is 373. The summed E-state index contributed by atoms with van der Waals surface area (Å²) >= 11 is 0. The summed E-state index contributed by atoms with van der Waals surface area (Å²) in [7, 11) is 0. The molecule has 1 aromatic rings. The van der Waals surface area contributed by atoms with Crippen LogP contribution in [0.25, 0.3) is 0 Å². The number of rotatable bonds is 4. The van der Waals surface area contributed by atoms with Gasteiger partial charge in [-0.25, -0.2) is 4.98 Å². The van der Waals surface area contributed by atoms with Crippen LogP contribution in [0.15, 0.2) is 6.07 Å². The lowest BCUT2D eigenvalue weighted by Gasteiger charge is -2.12. The van der Waals surface area contributed by atoms with Crippen molar-refractivity contribution in [2.24, 2.45) is 0 Å². The molecule has 0 radical (unpaired) electrons. The number of aryl methyl sites for hydroxylation is 1. The molecule has 1 atom stereocenters. The van der Waals surface area contributed by atoms with E-state index in [2.05, 4.69) is 29.1 Å². The monoisotopic (exact) mass is 235 g/mol. The fourth-order valence-corrected chi connectivity index (χ4v) is 2.00. The molecule has 1 saturated heterocycles. The first-order chi connectivity index (χ1) is 8.15. The summed E-state index contributed by atoms with van der Waals surface area (Å²) in [4.78, 5) is 8.75. The predicted molar refractivity (Wildman–Crippen MR) is 67.4 cm³/mol. The normalized spacial score (nSPS) is 19.9. The largest absolute Gasteiger partial charge is 0.462 e. The van der Waals surface area contributed by atoms with Crippen LogP contribution < -0.4 is 10.1 Å². The summed E-state index contributed by atoms with van der Waals surface area (Å²) in [6, 6.07) is 3.00. The summed E-state index contributed by atoms with van der Waals surface area (Å²) in [5, 5.41) is 3.40. The third-order valence-electron chi connectivity index (χ3n) is 3.02. The van der Waals surface area contributed by atoms with Crippen molar-refractivity contribution in [3.63, 3.8) is 0 Å². The van der Waals surface area contributed by atoms with Crippen molar-refractivity contribution in [1.82, 2.24) is 15.3 Å². The van der Waals surface area contributed by atoms with Gasteiger partial charge in [-0.1, -0.05) is 13.8 Å². The molecule has 1 unspecified atom stereocenters. The molecule has 17 heavy (non-hydrogen) atoms. The molecule has 0 bridgehead atoms. The zero-order valence-corrected chi connectivity index (χ0v) is 10.9. The van der Waals surface area contributed by atoms with Crippen LogP contribution in [-0.2, 0) is 0 Å². The van der Waals surface area contributed by atoms with E-state index in [-0.39, 0.29) is 0 Å². The van der Waals surface area contributed by atoms with E-state index < -0.39 is 0 Å². The highest BCUT2D eigenvalue weighted by molar-refractivity contribution is 5.15. The van der Waals surface area contributed by atoms with E-state index in [0.717, 1.165) is 17.9 Å². The van der Waals surface area contributed by atoms with E-state index in [0.29, 0.717) is 24.6 Å². The molecule has 0 aliphatic carbocycles. The van der Waals surface area contributed by atoms with Crippen LogP contribution in [0, 0.1) is 6.92 Å². The molecule has 2 heterocycles. The van der Waals surface area contributed by atoms with Gasteiger partial charge in [-0.2, -0.15) is 4.98 Å². The first-order valence-electron chi connectivity index (χ1n) is 6.37. The fraction of sp³-hybridized carbons (Fsp3) is 0.692. The third kappa shape index (κ3) is 3.40. The van der Waals surface area contributed by atoms with Gasteiger partial charge in [-0.3, -0.25) is 0 Å². The minimum absolute atomic E-state index is 0.406. The molecular formula is C13H21N3O. The van der Waals surface area contributed by atoms with Crippen LogP contribution in [0.4, 0.5) is 0 Å². The van der Waals surface area contributed by atoms with E-state index in [1.807, 2.05) is 13.0 Å². The second-order valence-electron chi connectivity index (χ2n) is 4.98. The van der Waals surface area contributed by atoms with Crippen molar-refractivity contribution in [3.05, 3.63) is 17.5 Å². The molecule has 94 valence electrons. The van der Waals surface area contributed by atoms with Crippen molar-refractivity contribution in [2.75, 3.05) is 13.2 Å². The van der Waals surface area contributed by atoms with Gasteiger partial charge < -0.3 is 10.1 Å². The zero-order chi connectivity index (χ0) is 12.3. The summed E-state index contributed by atoms with van der Waals surface area (Å²) in [6.45, 7) is 8.00. The molecule has 0 spiro atoms. The van der Waals surface area contributed by atoms with Gasteiger partial charge in [0.2, 0.25) is 0 Å². The van der Waals surface area contributed by atoms with Crippen molar-refractivity contribution in [3.8, 4) is 6.01 Å². The maximum absolute atomic E-state index is 5.68. The van der Waals surface area contributed by atoms with Crippen molar-refractivity contribution in [1.29, 1.82) is 0 Å². The van der Waals surface area contributed by atoms with Gasteiger partial charge in [0.25, 0.3) is 0 Å². The van der Waals surface area contributed by atoms with Crippen molar-refractivity contribution >= 4 is 0 Å². The van der Waals surface area contributed by atoms with E-state index in [1.165, 1.54) is 12.8 Å². The molecule has 1 N–H and O–H groups in total. The van der Waals surface area contributed by atoms with E-state index in [4.69, 9.17) is 4.74 Å². The highest BCUT2D eigenvalue weighted by Gasteiger charge is 2.15. The van der Waals surface area contributed by atoms with Gasteiger partial charge in [0, 0.05) is 11.7 Å². The molecule has 1 aromatic heterocycles. The van der Waals surface area contributed by atoms with Gasteiger partial charge in [0.15, 0.2) is 0 Å². The Hall–Kier alpha value is -1.16. The molecule has 1 fully saturated rings. The average Bonchev–Trinajstić information content (AvgIpc) is 2.78. The highest BCUT2D eigenvalue weighted by atomic mass is 16.5. The van der Waals surface area contributed by atoms with E-state index in [9.17, 15) is 0 Å². The van der Waals surface area contributed by atoms with Crippen LogP contribution in [0.5, 0.6) is 6.01 Å². The maximum Gasteiger partial charge on any atom is 0.316 e. The second kappa shape index (κ2) is 5.45. The molecule has 2 rings (SSSR count). The summed E-state index contributed by atoms with van der Waals surface area (Å²) in [6.07, 6.45) is 2.42. The third-order valence-corrected chi connectivity index (χ3v) is 3.02. The lowest BCUT2D eigenvalue weighted by atomic mass is 10.1. The first kappa shape index (κ1) is 12.3. The Labute approximate surface area is 103 Å². The Kier molecular flexibility index (Phi) is 3.94. The number of ether oxygens (including phenoxy) is 1. The Balaban J connectivity index is 1.99. The Morgan fingerprint density at radius 2 is 2.29 bits per heavy atom. The number of hydrogen-bond donors (Lipinski definition) is 1. The lowest BCUT2D eigenvalue weighted by Crippen LogP contribution is -2.28. The first-order valence-corrected chi connectivity index (χ1v) is 6.37. The van der Waals surface area contributed by atoms with Gasteiger partial charge >= 0.3 is 6.01 Å². The maximum atomic E-state index is 5.68. The number of hydrogen-bond acceptors (Lipinski definition) is 4. The number of nitrogens with one attached hydrogen (secondary N) is 1. The fourth-order valence-electron chi connectivity index (χ4n) is 2.00. The van der Waals surface area contributed by atoms with Crippen LogP contribution in [0.1, 0.15) is 44.0 Å². The second-order valence-corrected chi connectivity index (χ2v) is 4.98. The van der Waals surface area contributed by atoms with Crippen LogP contribution in [0.2, 0.25) is 0 Å². The summed E-state index contributed by atoms with van der Waals surface area (Å²) < 4.78 is 5.68. The minimum Gasteiger partial charge on any atom is -0.462 e. The van der Waals surface area contributed by atoms with Gasteiger partial charge in [0.05, 0.1) is 5.69 Å². The van der Waals surface area contributed by atoms with Gasteiger partial charge in [-0.05, 0) is 38.3 Å². The van der Waals surface area contributed by atoms with Crippen molar-refractivity contribution in [2.45, 2.75) is 45.6 Å². The van der Waals surface area contributed by atoms with Crippen LogP contribution >= 0.6 is 0 Å². The summed E-state index contributed by atoms with van der Waals surface area (Å²) in [5.74, 6) is 0.406. The van der Waals surface area contributed by atoms with Gasteiger partial charge in [0.1, 0.15) is 6.61 Å². The smallest absolute Gasteiger partial charge is 0.316 e. The molecule has 0 saturated carbocycles.